The molecule has 0 radical (unpaired) electrons. The van der Waals surface area contributed by atoms with E-state index < -0.39 is 29.8 Å². The molecule has 4 rings (SSSR count). The number of hydrogen-bond acceptors (Lipinski definition) is 6. The van der Waals surface area contributed by atoms with Gasteiger partial charge in [0.15, 0.2) is 0 Å². The van der Waals surface area contributed by atoms with Crippen LogP contribution < -0.4 is 5.32 Å². The maximum Gasteiger partial charge on any atom is 0.314 e. The minimum Gasteiger partial charge on any atom is -0.415 e. The molecular formula is C20H16F4N6O. The van der Waals surface area contributed by atoms with E-state index in [2.05, 4.69) is 25.8 Å². The van der Waals surface area contributed by atoms with Crippen LogP contribution in [0.5, 0.6) is 0 Å². The van der Waals surface area contributed by atoms with Crippen LogP contribution in [0.15, 0.2) is 47.0 Å². The molecule has 0 aliphatic rings. The Balaban J connectivity index is 1.57. The summed E-state index contributed by atoms with van der Waals surface area (Å²) >= 11 is 0. The number of nitrogens with one attached hydrogen (secondary N) is 1. The Bertz CT molecular complexity index is 1180. The van der Waals surface area contributed by atoms with Crippen LogP contribution in [0.1, 0.15) is 24.8 Å². The lowest BCUT2D eigenvalue weighted by molar-refractivity contribution is 0.116. The summed E-state index contributed by atoms with van der Waals surface area (Å²) in [4.78, 5) is 0. The predicted molar refractivity (Wildman–Crippen MR) is 103 cm³/mol. The van der Waals surface area contributed by atoms with Gasteiger partial charge in [-0.3, -0.25) is 0 Å². The van der Waals surface area contributed by atoms with Crippen LogP contribution >= 0.6 is 0 Å². The smallest absolute Gasteiger partial charge is 0.314 e. The number of anilines is 1. The minimum absolute atomic E-state index is 0.141. The molecule has 2 aromatic carbocycles. The molecule has 0 fully saturated rings. The normalized spacial score (nSPS) is 11.3. The first-order valence-electron chi connectivity index (χ1n) is 9.29. The predicted octanol–water partition coefficient (Wildman–Crippen LogP) is 4.69. The number of benzene rings is 2. The molecule has 0 unspecified atom stereocenters. The lowest BCUT2D eigenvalue weighted by Crippen LogP contribution is -2.06. The van der Waals surface area contributed by atoms with Crippen LogP contribution in [0, 0.1) is 11.6 Å². The largest absolute Gasteiger partial charge is 0.415 e. The Morgan fingerprint density at radius 2 is 1.81 bits per heavy atom. The van der Waals surface area contributed by atoms with E-state index in [1.165, 1.54) is 4.68 Å². The topological polar surface area (TPSA) is 81.7 Å². The van der Waals surface area contributed by atoms with Crippen molar-refractivity contribution in [2.75, 3.05) is 11.9 Å². The molecule has 160 valence electrons. The zero-order valence-electron chi connectivity index (χ0n) is 16.2. The van der Waals surface area contributed by atoms with Gasteiger partial charge in [-0.05, 0) is 31.2 Å². The van der Waals surface area contributed by atoms with Crippen LogP contribution in [-0.4, -0.2) is 31.7 Å². The highest BCUT2D eigenvalue weighted by molar-refractivity contribution is 5.64. The molecule has 0 saturated carbocycles. The first-order valence-corrected chi connectivity index (χ1v) is 9.29. The Labute approximate surface area is 173 Å². The highest BCUT2D eigenvalue weighted by Crippen LogP contribution is 2.27. The molecule has 11 heteroatoms. The van der Waals surface area contributed by atoms with Gasteiger partial charge in [0.05, 0.1) is 12.7 Å². The van der Waals surface area contributed by atoms with Gasteiger partial charge in [-0.25, -0.2) is 13.5 Å². The molecule has 4 aromatic rings. The average Bonchev–Trinajstić information content (AvgIpc) is 3.41. The summed E-state index contributed by atoms with van der Waals surface area (Å²) < 4.78 is 60.3. The fourth-order valence-corrected chi connectivity index (χ4v) is 2.98. The minimum atomic E-state index is -2.98. The zero-order chi connectivity index (χ0) is 22.0. The van der Waals surface area contributed by atoms with E-state index in [9.17, 15) is 17.6 Å². The monoisotopic (exact) mass is 432 g/mol. The number of halogens is 4. The van der Waals surface area contributed by atoms with Crippen molar-refractivity contribution in [1.29, 1.82) is 0 Å². The molecule has 1 N–H and O–H groups in total. The molecule has 0 amide bonds. The number of rotatable bonds is 7. The van der Waals surface area contributed by atoms with Crippen molar-refractivity contribution in [2.45, 2.75) is 19.9 Å². The molecule has 2 heterocycles. The van der Waals surface area contributed by atoms with Crippen molar-refractivity contribution in [3.8, 4) is 22.7 Å². The first-order chi connectivity index (χ1) is 14.9. The second-order valence-electron chi connectivity index (χ2n) is 6.58. The summed E-state index contributed by atoms with van der Waals surface area (Å²) in [6.07, 6.45) is -1.40. The van der Waals surface area contributed by atoms with Crippen molar-refractivity contribution in [2.24, 2.45) is 0 Å². The Morgan fingerprint density at radius 3 is 2.48 bits per heavy atom. The van der Waals surface area contributed by atoms with Crippen molar-refractivity contribution >= 4 is 5.69 Å². The molecule has 0 bridgehead atoms. The van der Waals surface area contributed by atoms with Gasteiger partial charge in [0.2, 0.25) is 5.89 Å². The van der Waals surface area contributed by atoms with E-state index in [1.54, 1.807) is 6.20 Å². The van der Waals surface area contributed by atoms with Crippen molar-refractivity contribution in [1.82, 2.24) is 25.2 Å². The van der Waals surface area contributed by atoms with Crippen LogP contribution in [0.2, 0.25) is 0 Å². The summed E-state index contributed by atoms with van der Waals surface area (Å²) in [6, 6.07) is 9.41. The second kappa shape index (κ2) is 8.54. The summed E-state index contributed by atoms with van der Waals surface area (Å²) in [5.41, 5.74) is 1.85. The number of alkyl halides is 2. The molecule has 0 spiro atoms. The van der Waals surface area contributed by atoms with Crippen LogP contribution in [0.3, 0.4) is 0 Å². The third-order valence-corrected chi connectivity index (χ3v) is 4.41. The molecule has 0 saturated heterocycles. The fourth-order valence-electron chi connectivity index (χ4n) is 2.98. The summed E-state index contributed by atoms with van der Waals surface area (Å²) in [7, 11) is 0. The van der Waals surface area contributed by atoms with E-state index in [4.69, 9.17) is 4.42 Å². The highest BCUT2D eigenvalue weighted by atomic mass is 19.3. The number of hydrogen-bond donors (Lipinski definition) is 1. The number of nitrogens with zero attached hydrogens (tertiary/aromatic N) is 5. The van der Waals surface area contributed by atoms with Crippen molar-refractivity contribution in [3.05, 3.63) is 65.7 Å². The van der Waals surface area contributed by atoms with E-state index in [0.717, 1.165) is 29.9 Å². The zero-order valence-corrected chi connectivity index (χ0v) is 16.2. The third kappa shape index (κ3) is 4.39. The van der Waals surface area contributed by atoms with E-state index >= 15 is 0 Å². The van der Waals surface area contributed by atoms with Gasteiger partial charge in [0.25, 0.3) is 5.89 Å². The Morgan fingerprint density at radius 1 is 1.03 bits per heavy atom. The second-order valence-corrected chi connectivity index (χ2v) is 6.58. The molecule has 0 aliphatic carbocycles. The summed E-state index contributed by atoms with van der Waals surface area (Å²) in [5, 5.41) is 17.7. The first kappa shape index (κ1) is 20.5. The van der Waals surface area contributed by atoms with Gasteiger partial charge in [-0.2, -0.15) is 8.78 Å². The molecule has 0 atom stereocenters. The van der Waals surface area contributed by atoms with Gasteiger partial charge in [-0.15, -0.1) is 15.3 Å². The van der Waals surface area contributed by atoms with E-state index in [1.807, 2.05) is 31.2 Å². The highest BCUT2D eigenvalue weighted by Gasteiger charge is 2.20. The standard InChI is InChI=1S/C20H16F4N6O/c1-2-25-13-5-3-4-11(6-13)17-10-30(29-26-17)9-14-15(21)7-12(8-16(14)22)19-27-28-20(31-19)18(23)24/h3-8,10,18,25H,2,9H2,1H3. The third-order valence-electron chi connectivity index (χ3n) is 4.41. The van der Waals surface area contributed by atoms with Crippen molar-refractivity contribution < 1.29 is 22.0 Å². The van der Waals surface area contributed by atoms with Gasteiger partial charge >= 0.3 is 6.43 Å². The van der Waals surface area contributed by atoms with Gasteiger partial charge < -0.3 is 9.73 Å². The molecule has 31 heavy (non-hydrogen) atoms. The Hall–Kier alpha value is -3.76. The maximum absolute atomic E-state index is 14.6. The van der Waals surface area contributed by atoms with Crippen LogP contribution in [0.4, 0.5) is 23.2 Å². The van der Waals surface area contributed by atoms with Crippen LogP contribution in [0.25, 0.3) is 22.7 Å². The van der Waals surface area contributed by atoms with Gasteiger partial charge in [0, 0.05) is 28.9 Å². The molecule has 2 aromatic heterocycles. The van der Waals surface area contributed by atoms with E-state index in [-0.39, 0.29) is 17.7 Å². The lowest BCUT2D eigenvalue weighted by atomic mass is 10.1. The Kier molecular flexibility index (Phi) is 5.65. The number of aromatic nitrogens is 5. The molecular weight excluding hydrogens is 416 g/mol. The van der Waals surface area contributed by atoms with Crippen molar-refractivity contribution in [3.63, 3.8) is 0 Å². The lowest BCUT2D eigenvalue weighted by Gasteiger charge is -2.06. The van der Waals surface area contributed by atoms with Gasteiger partial charge in [0.1, 0.15) is 17.3 Å². The van der Waals surface area contributed by atoms with E-state index in [0.29, 0.717) is 5.69 Å². The molecule has 7 nitrogen and oxygen atoms in total. The maximum atomic E-state index is 14.6. The fraction of sp³-hybridized carbons (Fsp3) is 0.200. The summed E-state index contributed by atoms with van der Waals surface area (Å²) in [5.74, 6) is -3.13. The summed E-state index contributed by atoms with van der Waals surface area (Å²) in [6.45, 7) is 2.52. The average molecular weight is 432 g/mol. The van der Waals surface area contributed by atoms with Gasteiger partial charge in [-0.1, -0.05) is 17.3 Å². The molecule has 0 aliphatic heterocycles. The quantitative estimate of drug-likeness (QED) is 0.427. The van der Waals surface area contributed by atoms with Crippen LogP contribution in [-0.2, 0) is 6.54 Å². The SMILES string of the molecule is CCNc1cccc(-c2cn(Cc3c(F)cc(-c4nnc(C(F)F)o4)cc3F)nn2)c1.